The van der Waals surface area contributed by atoms with Crippen molar-refractivity contribution in [1.82, 2.24) is 10.2 Å². The molecule has 0 spiro atoms. The Labute approximate surface area is 127 Å². The highest BCUT2D eigenvalue weighted by molar-refractivity contribution is 6.10. The normalized spacial score (nSPS) is 21.3. The molecule has 0 bridgehead atoms. The molecule has 3 rings (SSSR count). The molecule has 0 saturated carbocycles. The molecule has 0 aromatic heterocycles. The number of ketones is 1. The third-order valence-electron chi connectivity index (χ3n) is 3.98. The average molecular weight is 296 g/mol. The van der Waals surface area contributed by atoms with Gasteiger partial charge in [-0.25, -0.2) is 4.79 Å². The van der Waals surface area contributed by atoms with E-state index < -0.39 is 17.5 Å². The lowest BCUT2D eigenvalue weighted by atomic mass is 9.88. The van der Waals surface area contributed by atoms with Gasteiger partial charge in [0.05, 0.1) is 6.54 Å². The number of benzene rings is 2. The molecule has 112 valence electrons. The van der Waals surface area contributed by atoms with E-state index in [-0.39, 0.29) is 12.3 Å². The first kappa shape index (κ1) is 14.3. The Balaban J connectivity index is 2.12. The summed E-state index contributed by atoms with van der Waals surface area (Å²) in [5.41, 5.74) is -0.428. The molecule has 1 saturated heterocycles. The number of hydrogen-bond acceptors (Lipinski definition) is 3. The Morgan fingerprint density at radius 3 is 2.55 bits per heavy atom. The summed E-state index contributed by atoms with van der Waals surface area (Å²) in [7, 11) is 0. The van der Waals surface area contributed by atoms with Crippen LogP contribution in [0, 0.1) is 0 Å². The van der Waals surface area contributed by atoms with E-state index in [9.17, 15) is 14.4 Å². The van der Waals surface area contributed by atoms with Gasteiger partial charge in [0.2, 0.25) is 0 Å². The smallest absolute Gasteiger partial charge is 0.319 e. The van der Waals surface area contributed by atoms with E-state index in [1.54, 1.807) is 6.92 Å². The van der Waals surface area contributed by atoms with Gasteiger partial charge in [-0.1, -0.05) is 42.5 Å². The molecule has 0 unspecified atom stereocenters. The van der Waals surface area contributed by atoms with E-state index in [1.807, 2.05) is 42.5 Å². The predicted octanol–water partition coefficient (Wildman–Crippen LogP) is 2.20. The molecular formula is C17H16N2O3. The van der Waals surface area contributed by atoms with Crippen LogP contribution >= 0.6 is 0 Å². The van der Waals surface area contributed by atoms with Crippen LogP contribution in [0.1, 0.15) is 19.4 Å². The summed E-state index contributed by atoms with van der Waals surface area (Å²) in [5, 5.41) is 4.63. The molecule has 0 aliphatic carbocycles. The van der Waals surface area contributed by atoms with E-state index >= 15 is 0 Å². The molecule has 1 fully saturated rings. The van der Waals surface area contributed by atoms with Crippen LogP contribution in [0.4, 0.5) is 4.79 Å². The van der Waals surface area contributed by atoms with Crippen molar-refractivity contribution in [1.29, 1.82) is 0 Å². The highest BCUT2D eigenvalue weighted by atomic mass is 16.2. The Bertz CT molecular complexity index is 794. The Morgan fingerprint density at radius 1 is 1.14 bits per heavy atom. The van der Waals surface area contributed by atoms with Crippen LogP contribution in [-0.4, -0.2) is 29.2 Å². The minimum absolute atomic E-state index is 0.203. The summed E-state index contributed by atoms with van der Waals surface area (Å²) < 4.78 is 0. The average Bonchev–Trinajstić information content (AvgIpc) is 2.70. The van der Waals surface area contributed by atoms with Crippen molar-refractivity contribution in [3.63, 3.8) is 0 Å². The molecule has 0 radical (unpaired) electrons. The number of Topliss-reactive ketones (excluding diaryl/α,β-unsaturated/α-hetero) is 1. The second-order valence-electron chi connectivity index (χ2n) is 5.68. The SMILES string of the molecule is CC(=O)CN1C(=O)N[C@](C)(c2cccc3ccccc23)C1=O. The highest BCUT2D eigenvalue weighted by Gasteiger charge is 2.49. The standard InChI is InChI=1S/C17H16N2O3/c1-11(20)10-19-15(21)17(2,18-16(19)22)14-9-5-7-12-6-3-4-8-13(12)14/h3-9H,10H2,1-2H3,(H,18,22)/t17-/m1/s1. The first-order valence-corrected chi connectivity index (χ1v) is 7.05. The lowest BCUT2D eigenvalue weighted by Gasteiger charge is -2.23. The zero-order valence-electron chi connectivity index (χ0n) is 12.4. The van der Waals surface area contributed by atoms with Crippen molar-refractivity contribution < 1.29 is 14.4 Å². The third-order valence-corrected chi connectivity index (χ3v) is 3.98. The summed E-state index contributed by atoms with van der Waals surface area (Å²) in [4.78, 5) is 37.0. The Kier molecular flexibility index (Phi) is 3.20. The molecule has 22 heavy (non-hydrogen) atoms. The number of nitrogens with one attached hydrogen (secondary N) is 1. The third kappa shape index (κ3) is 2.06. The second kappa shape index (κ2) is 4.94. The Hall–Kier alpha value is -2.69. The zero-order chi connectivity index (χ0) is 15.9. The number of rotatable bonds is 3. The number of fused-ring (bicyclic) bond motifs is 1. The van der Waals surface area contributed by atoms with Crippen molar-refractivity contribution >= 4 is 28.5 Å². The molecular weight excluding hydrogens is 280 g/mol. The maximum Gasteiger partial charge on any atom is 0.325 e. The summed E-state index contributed by atoms with van der Waals surface area (Å²) >= 11 is 0. The molecule has 1 aliphatic rings. The zero-order valence-corrected chi connectivity index (χ0v) is 12.4. The quantitative estimate of drug-likeness (QED) is 0.883. The topological polar surface area (TPSA) is 66.5 Å². The molecule has 2 aromatic rings. The summed E-state index contributed by atoms with van der Waals surface area (Å²) in [6, 6.07) is 12.8. The van der Waals surface area contributed by atoms with E-state index in [2.05, 4.69) is 5.32 Å². The van der Waals surface area contributed by atoms with Crippen LogP contribution < -0.4 is 5.32 Å². The number of carbonyl (C=O) groups is 3. The monoisotopic (exact) mass is 296 g/mol. The van der Waals surface area contributed by atoms with Gasteiger partial charge in [-0.2, -0.15) is 0 Å². The van der Waals surface area contributed by atoms with Crippen LogP contribution in [0.2, 0.25) is 0 Å². The number of carbonyl (C=O) groups excluding carboxylic acids is 3. The number of nitrogens with zero attached hydrogens (tertiary/aromatic N) is 1. The first-order chi connectivity index (χ1) is 10.4. The summed E-state index contributed by atoms with van der Waals surface area (Å²) in [6.45, 7) is 2.83. The minimum atomic E-state index is -1.16. The van der Waals surface area contributed by atoms with Crippen LogP contribution in [0.3, 0.4) is 0 Å². The largest absolute Gasteiger partial charge is 0.325 e. The molecule has 1 heterocycles. The van der Waals surface area contributed by atoms with Crippen molar-refractivity contribution in [3.8, 4) is 0 Å². The number of amides is 3. The number of imide groups is 1. The number of urea groups is 1. The van der Waals surface area contributed by atoms with Crippen LogP contribution in [0.15, 0.2) is 42.5 Å². The van der Waals surface area contributed by atoms with Gasteiger partial charge in [-0.15, -0.1) is 0 Å². The summed E-state index contributed by atoms with van der Waals surface area (Å²) in [6.07, 6.45) is 0. The second-order valence-corrected chi connectivity index (χ2v) is 5.68. The Morgan fingerprint density at radius 2 is 1.82 bits per heavy atom. The van der Waals surface area contributed by atoms with Crippen LogP contribution in [0.5, 0.6) is 0 Å². The minimum Gasteiger partial charge on any atom is -0.319 e. The van der Waals surface area contributed by atoms with E-state index in [1.165, 1.54) is 6.92 Å². The molecule has 5 heteroatoms. The molecule has 3 amide bonds. The highest BCUT2D eigenvalue weighted by Crippen LogP contribution is 2.33. The molecule has 1 N–H and O–H groups in total. The molecule has 1 aliphatic heterocycles. The number of hydrogen-bond donors (Lipinski definition) is 1. The van der Waals surface area contributed by atoms with Gasteiger partial charge in [0.1, 0.15) is 11.3 Å². The van der Waals surface area contributed by atoms with E-state index in [0.717, 1.165) is 21.2 Å². The molecule has 1 atom stereocenters. The van der Waals surface area contributed by atoms with Crippen molar-refractivity contribution in [2.24, 2.45) is 0 Å². The van der Waals surface area contributed by atoms with Gasteiger partial charge in [0.15, 0.2) is 0 Å². The van der Waals surface area contributed by atoms with Gasteiger partial charge in [-0.3, -0.25) is 14.5 Å². The van der Waals surface area contributed by atoms with Crippen LogP contribution in [-0.2, 0) is 15.1 Å². The lowest BCUT2D eigenvalue weighted by Crippen LogP contribution is -2.41. The van der Waals surface area contributed by atoms with Gasteiger partial charge in [-0.05, 0) is 30.2 Å². The first-order valence-electron chi connectivity index (χ1n) is 7.05. The predicted molar refractivity (Wildman–Crippen MR) is 82.2 cm³/mol. The van der Waals surface area contributed by atoms with Crippen molar-refractivity contribution in [3.05, 3.63) is 48.0 Å². The van der Waals surface area contributed by atoms with Crippen LogP contribution in [0.25, 0.3) is 10.8 Å². The van der Waals surface area contributed by atoms with Crippen molar-refractivity contribution in [2.75, 3.05) is 6.54 Å². The van der Waals surface area contributed by atoms with Gasteiger partial charge >= 0.3 is 6.03 Å². The fraction of sp³-hybridized carbons (Fsp3) is 0.235. The fourth-order valence-corrected chi connectivity index (χ4v) is 2.91. The lowest BCUT2D eigenvalue weighted by molar-refractivity contribution is -0.133. The summed E-state index contributed by atoms with van der Waals surface area (Å²) in [5.74, 6) is -0.630. The molecule has 2 aromatic carbocycles. The van der Waals surface area contributed by atoms with E-state index in [0.29, 0.717) is 0 Å². The maximum absolute atomic E-state index is 12.7. The fourth-order valence-electron chi connectivity index (χ4n) is 2.91. The van der Waals surface area contributed by atoms with Crippen molar-refractivity contribution in [2.45, 2.75) is 19.4 Å². The van der Waals surface area contributed by atoms with Gasteiger partial charge in [0, 0.05) is 0 Å². The van der Waals surface area contributed by atoms with Gasteiger partial charge < -0.3 is 5.32 Å². The van der Waals surface area contributed by atoms with E-state index in [4.69, 9.17) is 0 Å². The molecule has 5 nitrogen and oxygen atoms in total. The maximum atomic E-state index is 12.7. The van der Waals surface area contributed by atoms with Gasteiger partial charge in [0.25, 0.3) is 5.91 Å².